The molecule has 1 saturated heterocycles. The van der Waals surface area contributed by atoms with E-state index in [9.17, 15) is 18.0 Å². The SMILES string of the molecule is Cn1cc(C[C@@H](N)C(=O)N2CCC[C@H]2C#N)c2ccccc21.O=C(O)C(F)(F)F. The molecule has 0 bridgehead atoms. The van der Waals surface area contributed by atoms with Gasteiger partial charge in [-0.3, -0.25) is 4.79 Å². The number of carbonyl (C=O) groups excluding carboxylic acids is 1. The number of para-hydroxylation sites is 1. The van der Waals surface area contributed by atoms with Gasteiger partial charge in [0.05, 0.1) is 12.1 Å². The van der Waals surface area contributed by atoms with E-state index in [0.717, 1.165) is 29.3 Å². The third-order valence-electron chi connectivity index (χ3n) is 4.66. The Bertz CT molecular complexity index is 933. The minimum Gasteiger partial charge on any atom is -0.475 e. The Morgan fingerprint density at radius 1 is 1.38 bits per heavy atom. The molecule has 156 valence electrons. The van der Waals surface area contributed by atoms with Crippen LogP contribution >= 0.6 is 0 Å². The number of halogens is 3. The van der Waals surface area contributed by atoms with Crippen molar-refractivity contribution in [3.8, 4) is 6.07 Å². The molecule has 3 rings (SSSR count). The molecule has 1 aliphatic heterocycles. The summed E-state index contributed by atoms with van der Waals surface area (Å²) in [4.78, 5) is 23.0. The molecule has 7 nitrogen and oxygen atoms in total. The van der Waals surface area contributed by atoms with E-state index in [-0.39, 0.29) is 11.9 Å². The predicted octanol–water partition coefficient (Wildman–Crippen LogP) is 2.20. The second-order valence-corrected chi connectivity index (χ2v) is 6.71. The van der Waals surface area contributed by atoms with Crippen molar-refractivity contribution in [3.63, 3.8) is 0 Å². The van der Waals surface area contributed by atoms with Crippen LogP contribution in [-0.4, -0.2) is 51.3 Å². The molecule has 0 spiro atoms. The molecule has 2 aromatic rings. The van der Waals surface area contributed by atoms with Gasteiger partial charge in [-0.1, -0.05) is 18.2 Å². The molecular formula is C19H21F3N4O3. The first-order valence-corrected chi connectivity index (χ1v) is 8.85. The fourth-order valence-electron chi connectivity index (χ4n) is 3.29. The van der Waals surface area contributed by atoms with Gasteiger partial charge in [-0.15, -0.1) is 0 Å². The number of hydrogen-bond donors (Lipinski definition) is 2. The summed E-state index contributed by atoms with van der Waals surface area (Å²) >= 11 is 0. The van der Waals surface area contributed by atoms with Gasteiger partial charge < -0.3 is 20.3 Å². The van der Waals surface area contributed by atoms with E-state index in [2.05, 4.69) is 22.8 Å². The highest BCUT2D eigenvalue weighted by atomic mass is 19.4. The Kier molecular flexibility index (Phi) is 6.87. The topological polar surface area (TPSA) is 112 Å². The molecule has 0 aliphatic carbocycles. The fraction of sp³-hybridized carbons (Fsp3) is 0.421. The summed E-state index contributed by atoms with van der Waals surface area (Å²) in [5.41, 5.74) is 8.34. The number of rotatable bonds is 3. The fourth-order valence-corrected chi connectivity index (χ4v) is 3.29. The molecule has 2 heterocycles. The Hall–Kier alpha value is -3.06. The number of fused-ring (bicyclic) bond motifs is 1. The number of nitrogens with zero attached hydrogens (tertiary/aromatic N) is 3. The number of carboxylic acids is 1. The van der Waals surface area contributed by atoms with Crippen molar-refractivity contribution in [2.24, 2.45) is 12.8 Å². The molecule has 10 heteroatoms. The first kappa shape index (κ1) is 22.2. The lowest BCUT2D eigenvalue weighted by molar-refractivity contribution is -0.192. The number of aromatic nitrogens is 1. The number of carboxylic acid groups (broad SMARTS) is 1. The van der Waals surface area contributed by atoms with Crippen molar-refractivity contribution in [1.29, 1.82) is 5.26 Å². The Morgan fingerprint density at radius 3 is 2.59 bits per heavy atom. The zero-order valence-corrected chi connectivity index (χ0v) is 15.7. The first-order valence-electron chi connectivity index (χ1n) is 8.85. The molecule has 1 aromatic heterocycles. The number of amides is 1. The highest BCUT2D eigenvalue weighted by molar-refractivity contribution is 5.87. The minimum absolute atomic E-state index is 0.114. The van der Waals surface area contributed by atoms with Crippen LogP contribution in [0, 0.1) is 11.3 Å². The number of hydrogen-bond acceptors (Lipinski definition) is 4. The highest BCUT2D eigenvalue weighted by Gasteiger charge is 2.38. The average Bonchev–Trinajstić information content (AvgIpc) is 3.26. The summed E-state index contributed by atoms with van der Waals surface area (Å²) in [5.74, 6) is -2.87. The third kappa shape index (κ3) is 5.26. The molecule has 1 aromatic carbocycles. The van der Waals surface area contributed by atoms with Crippen LogP contribution in [0.3, 0.4) is 0 Å². The van der Waals surface area contributed by atoms with Crippen molar-refractivity contribution >= 4 is 22.8 Å². The van der Waals surface area contributed by atoms with Crippen LogP contribution < -0.4 is 5.73 Å². The van der Waals surface area contributed by atoms with Crippen LogP contribution in [-0.2, 0) is 23.1 Å². The lowest BCUT2D eigenvalue weighted by atomic mass is 10.0. The van der Waals surface area contributed by atoms with Crippen molar-refractivity contribution in [2.75, 3.05) is 6.54 Å². The maximum Gasteiger partial charge on any atom is 0.490 e. The molecule has 29 heavy (non-hydrogen) atoms. The molecular weight excluding hydrogens is 389 g/mol. The van der Waals surface area contributed by atoms with Gasteiger partial charge in [0.15, 0.2) is 0 Å². The molecule has 0 unspecified atom stereocenters. The first-order chi connectivity index (χ1) is 13.6. The zero-order valence-electron chi connectivity index (χ0n) is 15.7. The number of likely N-dealkylation sites (tertiary alicyclic amines) is 1. The standard InChI is InChI=1S/C17H20N4O.C2HF3O2/c1-20-11-12(14-6-2-3-7-16(14)20)9-15(19)17(22)21-8-4-5-13(21)10-18;3-2(4,5)1(6)7/h2-3,6-7,11,13,15H,4-5,8-9,19H2,1H3;(H,6,7)/t13-,15+;/m0./s1. The van der Waals surface area contributed by atoms with Crippen LogP contribution in [0.2, 0.25) is 0 Å². The summed E-state index contributed by atoms with van der Waals surface area (Å²) in [5, 5.41) is 17.4. The summed E-state index contributed by atoms with van der Waals surface area (Å²) in [6.45, 7) is 0.639. The molecule has 2 atom stereocenters. The van der Waals surface area contributed by atoms with Crippen LogP contribution in [0.25, 0.3) is 10.9 Å². The van der Waals surface area contributed by atoms with Crippen LogP contribution in [0.15, 0.2) is 30.5 Å². The summed E-state index contributed by atoms with van der Waals surface area (Å²) in [6, 6.07) is 9.38. The number of benzene rings is 1. The Morgan fingerprint density at radius 2 is 2.00 bits per heavy atom. The van der Waals surface area contributed by atoms with Crippen molar-refractivity contribution in [3.05, 3.63) is 36.0 Å². The zero-order chi connectivity index (χ0) is 21.8. The predicted molar refractivity (Wildman–Crippen MR) is 98.6 cm³/mol. The van der Waals surface area contributed by atoms with E-state index in [1.807, 2.05) is 25.4 Å². The number of alkyl halides is 3. The van der Waals surface area contributed by atoms with Gasteiger partial charge in [0, 0.05) is 30.7 Å². The second kappa shape index (κ2) is 8.96. The molecule has 3 N–H and O–H groups in total. The monoisotopic (exact) mass is 410 g/mol. The number of carbonyl (C=O) groups is 2. The number of aliphatic carboxylic acids is 1. The van der Waals surface area contributed by atoms with Crippen LogP contribution in [0.1, 0.15) is 18.4 Å². The highest BCUT2D eigenvalue weighted by Crippen LogP contribution is 2.23. The van der Waals surface area contributed by atoms with Gasteiger partial charge in [0.25, 0.3) is 0 Å². The maximum atomic E-state index is 12.5. The van der Waals surface area contributed by atoms with E-state index < -0.39 is 18.2 Å². The molecule has 1 aliphatic rings. The van der Waals surface area contributed by atoms with E-state index in [0.29, 0.717) is 13.0 Å². The summed E-state index contributed by atoms with van der Waals surface area (Å²) in [6.07, 6.45) is -0.924. The lowest BCUT2D eigenvalue weighted by Crippen LogP contribution is -2.46. The molecule has 0 radical (unpaired) electrons. The normalized spacial score (nSPS) is 17.4. The van der Waals surface area contributed by atoms with Crippen molar-refractivity contribution < 1.29 is 27.9 Å². The Balaban J connectivity index is 0.000000370. The molecule has 0 saturated carbocycles. The summed E-state index contributed by atoms with van der Waals surface area (Å²) in [7, 11) is 1.99. The average molecular weight is 410 g/mol. The number of aryl methyl sites for hydroxylation is 1. The number of nitrogens with two attached hydrogens (primary N) is 1. The van der Waals surface area contributed by atoms with E-state index >= 15 is 0 Å². The largest absolute Gasteiger partial charge is 0.490 e. The van der Waals surface area contributed by atoms with E-state index in [1.54, 1.807) is 4.90 Å². The smallest absolute Gasteiger partial charge is 0.475 e. The van der Waals surface area contributed by atoms with Crippen molar-refractivity contribution in [2.45, 2.75) is 37.5 Å². The quantitative estimate of drug-likeness (QED) is 0.806. The van der Waals surface area contributed by atoms with E-state index in [1.165, 1.54) is 0 Å². The second-order valence-electron chi connectivity index (χ2n) is 6.71. The maximum absolute atomic E-state index is 12.5. The van der Waals surface area contributed by atoms with E-state index in [4.69, 9.17) is 20.9 Å². The van der Waals surface area contributed by atoms with Gasteiger partial charge in [-0.05, 0) is 30.9 Å². The number of nitriles is 1. The molecule has 1 fully saturated rings. The third-order valence-corrected chi connectivity index (χ3v) is 4.66. The minimum atomic E-state index is -5.08. The van der Waals surface area contributed by atoms with Crippen LogP contribution in [0.5, 0.6) is 0 Å². The molecule has 1 amide bonds. The van der Waals surface area contributed by atoms with Gasteiger partial charge in [-0.25, -0.2) is 4.79 Å². The van der Waals surface area contributed by atoms with Crippen LogP contribution in [0.4, 0.5) is 13.2 Å². The van der Waals surface area contributed by atoms with Gasteiger partial charge >= 0.3 is 12.1 Å². The lowest BCUT2D eigenvalue weighted by Gasteiger charge is -2.23. The van der Waals surface area contributed by atoms with Crippen molar-refractivity contribution in [1.82, 2.24) is 9.47 Å². The Labute approximate surface area is 165 Å². The van der Waals surface area contributed by atoms with Gasteiger partial charge in [-0.2, -0.15) is 18.4 Å². The van der Waals surface area contributed by atoms with Gasteiger partial charge in [0.1, 0.15) is 6.04 Å². The summed E-state index contributed by atoms with van der Waals surface area (Å²) < 4.78 is 33.8. The van der Waals surface area contributed by atoms with Gasteiger partial charge in [0.2, 0.25) is 5.91 Å².